The number of benzene rings is 1. The molecule has 1 aromatic heterocycles. The molecule has 0 bridgehead atoms. The van der Waals surface area contributed by atoms with Gasteiger partial charge >= 0.3 is 6.09 Å². The minimum absolute atomic E-state index is 0.0104. The van der Waals surface area contributed by atoms with Crippen molar-refractivity contribution in [2.24, 2.45) is 5.92 Å². The van der Waals surface area contributed by atoms with Gasteiger partial charge in [0.2, 0.25) is 5.91 Å². The standard InChI is InChI=1S/C20H27N3O3S/c1-3-5-6-14-7-8-16-17(13-14)27-19(21-16)22-18(24)15-9-11-23(12-10-15)20(25)26-4-2/h7-8,13,15H,3-6,9-12H2,1-2H3,(H,21,22,24). The van der Waals surface area contributed by atoms with Crippen molar-refractivity contribution in [1.82, 2.24) is 9.88 Å². The number of amides is 2. The molecule has 0 atom stereocenters. The van der Waals surface area contributed by atoms with Crippen LogP contribution in [0.25, 0.3) is 10.2 Å². The van der Waals surface area contributed by atoms with E-state index in [9.17, 15) is 9.59 Å². The zero-order valence-corrected chi connectivity index (χ0v) is 16.8. The Hall–Kier alpha value is -2.15. The fourth-order valence-corrected chi connectivity index (χ4v) is 4.24. The number of ether oxygens (including phenoxy) is 1. The fourth-order valence-electron chi connectivity index (χ4n) is 3.31. The summed E-state index contributed by atoms with van der Waals surface area (Å²) in [5.41, 5.74) is 2.24. The molecular weight excluding hydrogens is 362 g/mol. The number of piperidine rings is 1. The van der Waals surface area contributed by atoms with Crippen LogP contribution in [0, 0.1) is 5.92 Å². The molecule has 0 aliphatic carbocycles. The van der Waals surface area contributed by atoms with E-state index in [-0.39, 0.29) is 17.9 Å². The number of carbonyl (C=O) groups is 2. The molecule has 2 amide bonds. The molecule has 0 spiro atoms. The topological polar surface area (TPSA) is 71.5 Å². The summed E-state index contributed by atoms with van der Waals surface area (Å²) in [7, 11) is 0. The van der Waals surface area contributed by atoms with E-state index in [0.717, 1.165) is 16.6 Å². The Morgan fingerprint density at radius 1 is 1.30 bits per heavy atom. The first-order valence-electron chi connectivity index (χ1n) is 9.72. The predicted octanol–water partition coefficient (Wildman–Crippen LogP) is 4.45. The van der Waals surface area contributed by atoms with E-state index >= 15 is 0 Å². The van der Waals surface area contributed by atoms with Gasteiger partial charge in [0, 0.05) is 19.0 Å². The van der Waals surface area contributed by atoms with Crippen LogP contribution in [0.2, 0.25) is 0 Å². The van der Waals surface area contributed by atoms with Gasteiger partial charge in [0.05, 0.1) is 16.8 Å². The first-order chi connectivity index (χ1) is 13.1. The highest BCUT2D eigenvalue weighted by Gasteiger charge is 2.28. The number of aryl methyl sites for hydroxylation is 1. The van der Waals surface area contributed by atoms with Gasteiger partial charge in [-0.1, -0.05) is 30.7 Å². The number of aromatic nitrogens is 1. The summed E-state index contributed by atoms with van der Waals surface area (Å²) in [6.45, 7) is 5.46. The lowest BCUT2D eigenvalue weighted by Gasteiger charge is -2.30. The number of fused-ring (bicyclic) bond motifs is 1. The summed E-state index contributed by atoms with van der Waals surface area (Å²) in [6, 6.07) is 6.33. The van der Waals surface area contributed by atoms with Crippen molar-refractivity contribution in [2.75, 3.05) is 25.0 Å². The van der Waals surface area contributed by atoms with E-state index in [4.69, 9.17) is 4.74 Å². The van der Waals surface area contributed by atoms with Crippen LogP contribution in [-0.2, 0) is 16.0 Å². The second-order valence-corrected chi connectivity index (χ2v) is 7.90. The quantitative estimate of drug-likeness (QED) is 0.792. The summed E-state index contributed by atoms with van der Waals surface area (Å²) in [5.74, 6) is -0.105. The van der Waals surface area contributed by atoms with Gasteiger partial charge < -0.3 is 15.0 Å². The Morgan fingerprint density at radius 2 is 2.07 bits per heavy atom. The van der Waals surface area contributed by atoms with Crippen LogP contribution >= 0.6 is 11.3 Å². The van der Waals surface area contributed by atoms with Crippen LogP contribution in [0.4, 0.5) is 9.93 Å². The largest absolute Gasteiger partial charge is 0.450 e. The molecule has 1 aliphatic rings. The number of nitrogens with one attached hydrogen (secondary N) is 1. The summed E-state index contributed by atoms with van der Waals surface area (Å²) in [6.07, 6.45) is 4.44. The van der Waals surface area contributed by atoms with E-state index in [1.165, 1.54) is 29.7 Å². The molecule has 1 N–H and O–H groups in total. The molecule has 1 aromatic carbocycles. The number of thiazole rings is 1. The fraction of sp³-hybridized carbons (Fsp3) is 0.550. The van der Waals surface area contributed by atoms with Gasteiger partial charge in [-0.25, -0.2) is 9.78 Å². The molecule has 3 rings (SSSR count). The van der Waals surface area contributed by atoms with Crippen LogP contribution in [-0.4, -0.2) is 41.6 Å². The lowest BCUT2D eigenvalue weighted by molar-refractivity contribution is -0.121. The van der Waals surface area contributed by atoms with Crippen molar-refractivity contribution in [2.45, 2.75) is 46.0 Å². The van der Waals surface area contributed by atoms with Crippen LogP contribution < -0.4 is 5.32 Å². The van der Waals surface area contributed by atoms with Gasteiger partial charge in [-0.3, -0.25) is 4.79 Å². The molecule has 0 unspecified atom stereocenters. The first-order valence-corrected chi connectivity index (χ1v) is 10.5. The predicted molar refractivity (Wildman–Crippen MR) is 108 cm³/mol. The maximum Gasteiger partial charge on any atom is 0.409 e. The van der Waals surface area contributed by atoms with Crippen molar-refractivity contribution in [1.29, 1.82) is 0 Å². The number of rotatable bonds is 6. The maximum atomic E-state index is 12.6. The van der Waals surface area contributed by atoms with Crippen molar-refractivity contribution in [3.63, 3.8) is 0 Å². The van der Waals surface area contributed by atoms with Crippen LogP contribution in [0.1, 0.15) is 45.1 Å². The van der Waals surface area contributed by atoms with Crippen molar-refractivity contribution >= 4 is 38.7 Å². The Bertz CT molecular complexity index is 797. The minimum atomic E-state index is -0.290. The van der Waals surface area contributed by atoms with Gasteiger partial charge in [-0.05, 0) is 50.3 Å². The van der Waals surface area contributed by atoms with Gasteiger partial charge in [-0.15, -0.1) is 0 Å². The normalized spacial score (nSPS) is 15.1. The number of likely N-dealkylation sites (tertiary alicyclic amines) is 1. The zero-order valence-electron chi connectivity index (χ0n) is 16.0. The van der Waals surface area contributed by atoms with E-state index in [2.05, 4.69) is 29.4 Å². The average molecular weight is 390 g/mol. The molecule has 0 saturated carbocycles. The Balaban J connectivity index is 1.57. The number of hydrogen-bond donors (Lipinski definition) is 1. The van der Waals surface area contributed by atoms with Crippen LogP contribution in [0.3, 0.4) is 0 Å². The zero-order chi connectivity index (χ0) is 19.2. The van der Waals surface area contributed by atoms with Crippen LogP contribution in [0.15, 0.2) is 18.2 Å². The Kier molecular flexibility index (Phi) is 6.66. The molecule has 1 saturated heterocycles. The number of anilines is 1. The number of unbranched alkanes of at least 4 members (excludes halogenated alkanes) is 1. The lowest BCUT2D eigenvalue weighted by Crippen LogP contribution is -2.41. The molecule has 1 fully saturated rings. The minimum Gasteiger partial charge on any atom is -0.450 e. The molecule has 146 valence electrons. The monoisotopic (exact) mass is 389 g/mol. The third kappa shape index (κ3) is 4.97. The molecule has 0 radical (unpaired) electrons. The molecular formula is C20H27N3O3S. The molecule has 1 aliphatic heterocycles. The van der Waals surface area contributed by atoms with Gasteiger partial charge in [0.15, 0.2) is 5.13 Å². The highest BCUT2D eigenvalue weighted by atomic mass is 32.1. The molecule has 27 heavy (non-hydrogen) atoms. The van der Waals surface area contributed by atoms with E-state index in [0.29, 0.717) is 37.7 Å². The SMILES string of the molecule is CCCCc1ccc2nc(NC(=O)C3CCN(C(=O)OCC)CC3)sc2c1. The number of nitrogens with zero attached hydrogens (tertiary/aromatic N) is 2. The average Bonchev–Trinajstić information content (AvgIpc) is 3.08. The number of hydrogen-bond acceptors (Lipinski definition) is 5. The summed E-state index contributed by atoms with van der Waals surface area (Å²) < 4.78 is 6.13. The summed E-state index contributed by atoms with van der Waals surface area (Å²) >= 11 is 1.52. The van der Waals surface area contributed by atoms with E-state index < -0.39 is 0 Å². The molecule has 2 aromatic rings. The highest BCUT2D eigenvalue weighted by molar-refractivity contribution is 7.22. The van der Waals surface area contributed by atoms with Gasteiger partial charge in [-0.2, -0.15) is 0 Å². The summed E-state index contributed by atoms with van der Waals surface area (Å²) in [4.78, 5) is 30.5. The lowest BCUT2D eigenvalue weighted by atomic mass is 9.96. The number of carbonyl (C=O) groups excluding carboxylic acids is 2. The van der Waals surface area contributed by atoms with Crippen molar-refractivity contribution in [3.05, 3.63) is 23.8 Å². The second-order valence-electron chi connectivity index (χ2n) is 6.87. The van der Waals surface area contributed by atoms with Gasteiger partial charge in [0.25, 0.3) is 0 Å². The molecule has 2 heterocycles. The first kappa shape index (κ1) is 19.6. The van der Waals surface area contributed by atoms with E-state index in [1.54, 1.807) is 11.8 Å². The summed E-state index contributed by atoms with van der Waals surface area (Å²) in [5, 5.41) is 3.62. The Labute approximate surface area is 163 Å². The highest BCUT2D eigenvalue weighted by Crippen LogP contribution is 2.28. The van der Waals surface area contributed by atoms with Crippen molar-refractivity contribution < 1.29 is 14.3 Å². The van der Waals surface area contributed by atoms with Crippen molar-refractivity contribution in [3.8, 4) is 0 Å². The molecule has 7 heteroatoms. The third-order valence-electron chi connectivity index (χ3n) is 4.89. The van der Waals surface area contributed by atoms with Gasteiger partial charge in [0.1, 0.15) is 0 Å². The van der Waals surface area contributed by atoms with E-state index in [1.807, 2.05) is 6.07 Å². The third-order valence-corrected chi connectivity index (χ3v) is 5.83. The van der Waals surface area contributed by atoms with Crippen LogP contribution in [0.5, 0.6) is 0 Å². The molecule has 6 nitrogen and oxygen atoms in total. The second kappa shape index (κ2) is 9.17. The smallest absolute Gasteiger partial charge is 0.409 e. The Morgan fingerprint density at radius 3 is 2.78 bits per heavy atom. The maximum absolute atomic E-state index is 12.6.